The van der Waals surface area contributed by atoms with Gasteiger partial charge in [0.2, 0.25) is 11.8 Å². The van der Waals surface area contributed by atoms with Crippen LogP contribution in [0.15, 0.2) is 95.1 Å². The lowest BCUT2D eigenvalue weighted by Crippen LogP contribution is -2.19. The minimum absolute atomic E-state index is 0.0382. The van der Waals surface area contributed by atoms with Gasteiger partial charge in [-0.25, -0.2) is 20.4 Å². The van der Waals surface area contributed by atoms with Crippen LogP contribution in [0.3, 0.4) is 0 Å². The molecule has 0 saturated heterocycles. The monoisotopic (exact) mass is 770 g/mol. The van der Waals surface area contributed by atoms with E-state index in [4.69, 9.17) is 9.47 Å². The molecule has 4 aromatic carbocycles. The quantitative estimate of drug-likeness (QED) is 0.0360. The van der Waals surface area contributed by atoms with Gasteiger partial charge in [0.15, 0.2) is 0 Å². The third-order valence-electron chi connectivity index (χ3n) is 7.16. The lowest BCUT2D eigenvalue weighted by molar-refractivity contribution is -0.394. The molecule has 0 bridgehead atoms. The van der Waals surface area contributed by atoms with Gasteiger partial charge in [-0.05, 0) is 72.5 Å². The van der Waals surface area contributed by atoms with Crippen molar-refractivity contribution in [1.29, 1.82) is 0 Å². The molecule has 0 unspecified atom stereocenters. The Kier molecular flexibility index (Phi) is 13.7. The van der Waals surface area contributed by atoms with Crippen molar-refractivity contribution >= 4 is 58.9 Å². The van der Waals surface area contributed by atoms with Crippen LogP contribution in [0.2, 0.25) is 0 Å². The fraction of sp³-hybridized carbons (Fsp3) is 0.118. The van der Waals surface area contributed by atoms with E-state index in [1.54, 1.807) is 0 Å². The fourth-order valence-corrected chi connectivity index (χ4v) is 4.46. The second-order valence-electron chi connectivity index (χ2n) is 11.2. The number of unbranched alkanes of at least 4 members (excludes halogenated alkanes) is 1. The van der Waals surface area contributed by atoms with Crippen molar-refractivity contribution in [2.75, 3.05) is 0 Å². The maximum atomic E-state index is 12.4. The molecule has 0 spiro atoms. The predicted molar refractivity (Wildman–Crippen MR) is 192 cm³/mol. The van der Waals surface area contributed by atoms with Crippen molar-refractivity contribution in [2.24, 2.45) is 10.2 Å². The highest BCUT2D eigenvalue weighted by atomic mass is 16.6. The number of benzene rings is 4. The second-order valence-corrected chi connectivity index (χ2v) is 11.2. The molecular formula is C34H26N8O14. The molecule has 2 N–H and O–H groups in total. The van der Waals surface area contributed by atoms with Gasteiger partial charge in [-0.3, -0.25) is 50.0 Å². The van der Waals surface area contributed by atoms with E-state index in [9.17, 15) is 59.6 Å². The summed E-state index contributed by atoms with van der Waals surface area (Å²) < 4.78 is 10.3. The van der Waals surface area contributed by atoms with E-state index in [2.05, 4.69) is 21.1 Å². The lowest BCUT2D eigenvalue weighted by Gasteiger charge is -2.05. The first-order valence-corrected chi connectivity index (χ1v) is 15.8. The normalized spacial score (nSPS) is 10.8. The Labute approximate surface area is 313 Å². The number of hydrogen-bond donors (Lipinski definition) is 2. The zero-order chi connectivity index (χ0) is 40.8. The molecule has 2 amide bonds. The first-order valence-electron chi connectivity index (χ1n) is 15.8. The summed E-state index contributed by atoms with van der Waals surface area (Å²) in [6.45, 7) is 0. The molecule has 22 heteroatoms. The molecule has 0 aromatic heterocycles. The zero-order valence-corrected chi connectivity index (χ0v) is 28.5. The van der Waals surface area contributed by atoms with Gasteiger partial charge in [-0.2, -0.15) is 10.2 Å². The number of carbonyl (C=O) groups is 4. The zero-order valence-electron chi connectivity index (χ0n) is 28.5. The molecule has 0 heterocycles. The van der Waals surface area contributed by atoms with Gasteiger partial charge in [0, 0.05) is 37.1 Å². The second kappa shape index (κ2) is 19.0. The molecule has 0 aliphatic heterocycles. The van der Waals surface area contributed by atoms with Gasteiger partial charge in [0.05, 0.1) is 55.4 Å². The molecule has 0 aliphatic rings. The van der Waals surface area contributed by atoms with E-state index in [0.717, 1.165) is 36.4 Å². The highest BCUT2D eigenvalue weighted by Crippen LogP contribution is 2.25. The Hall–Kier alpha value is -8.30. The summed E-state index contributed by atoms with van der Waals surface area (Å²) in [5.74, 6) is -2.86. The molecule has 0 fully saturated rings. The smallest absolute Gasteiger partial charge is 0.344 e. The number of non-ortho nitro benzene ring substituents is 4. The van der Waals surface area contributed by atoms with Crippen LogP contribution in [-0.2, 0) is 9.59 Å². The molecule has 4 aromatic rings. The Balaban J connectivity index is 1.14. The summed E-state index contributed by atoms with van der Waals surface area (Å²) in [6.07, 6.45) is 3.47. The number of nitro groups is 4. The Bertz CT molecular complexity index is 2030. The lowest BCUT2D eigenvalue weighted by atomic mass is 10.1. The minimum atomic E-state index is -1.05. The summed E-state index contributed by atoms with van der Waals surface area (Å²) >= 11 is 0. The van der Waals surface area contributed by atoms with Crippen LogP contribution in [0.25, 0.3) is 0 Å². The maximum Gasteiger partial charge on any atom is 0.344 e. The predicted octanol–water partition coefficient (Wildman–Crippen LogP) is 4.92. The molecule has 0 saturated carbocycles. The van der Waals surface area contributed by atoms with Gasteiger partial charge in [-0.15, -0.1) is 0 Å². The highest BCUT2D eigenvalue weighted by Gasteiger charge is 2.22. The number of rotatable bonds is 17. The third-order valence-corrected chi connectivity index (χ3v) is 7.16. The summed E-state index contributed by atoms with van der Waals surface area (Å²) in [5, 5.41) is 51.9. The van der Waals surface area contributed by atoms with Gasteiger partial charge in [-0.1, -0.05) is 0 Å². The molecule has 0 atom stereocenters. The number of nitrogens with zero attached hydrogens (tertiary/aromatic N) is 6. The number of nitrogens with one attached hydrogen (secondary N) is 2. The summed E-state index contributed by atoms with van der Waals surface area (Å²) in [6, 6.07) is 16.3. The molecule has 56 heavy (non-hydrogen) atoms. The van der Waals surface area contributed by atoms with Gasteiger partial charge < -0.3 is 9.47 Å². The van der Waals surface area contributed by atoms with Crippen molar-refractivity contribution in [2.45, 2.75) is 25.7 Å². The third kappa shape index (κ3) is 12.1. The first kappa shape index (κ1) is 40.5. The molecule has 4 rings (SSSR count). The number of amides is 2. The summed E-state index contributed by atoms with van der Waals surface area (Å²) in [7, 11) is 0. The van der Waals surface area contributed by atoms with E-state index in [1.807, 2.05) is 0 Å². The van der Waals surface area contributed by atoms with E-state index in [-0.39, 0.29) is 35.5 Å². The van der Waals surface area contributed by atoms with E-state index >= 15 is 0 Å². The highest BCUT2D eigenvalue weighted by molar-refractivity contribution is 5.93. The number of ether oxygens (including phenoxy) is 2. The van der Waals surface area contributed by atoms with Gasteiger partial charge in [0.25, 0.3) is 22.7 Å². The van der Waals surface area contributed by atoms with Gasteiger partial charge in [0.1, 0.15) is 11.5 Å². The van der Waals surface area contributed by atoms with Crippen LogP contribution in [0.5, 0.6) is 11.5 Å². The Morgan fingerprint density at radius 2 is 0.821 bits per heavy atom. The number of hydrazone groups is 2. The van der Waals surface area contributed by atoms with E-state index in [0.29, 0.717) is 24.0 Å². The summed E-state index contributed by atoms with van der Waals surface area (Å²) in [4.78, 5) is 89.9. The topological polar surface area (TPSA) is 308 Å². The molecule has 0 aliphatic carbocycles. The number of carbonyl (C=O) groups excluding carboxylic acids is 4. The van der Waals surface area contributed by atoms with Crippen molar-refractivity contribution in [3.8, 4) is 11.5 Å². The molecule has 0 radical (unpaired) electrons. The minimum Gasteiger partial charge on any atom is -0.423 e. The summed E-state index contributed by atoms with van der Waals surface area (Å²) in [5.41, 5.74) is 2.31. The fourth-order valence-electron chi connectivity index (χ4n) is 4.46. The standard InChI is InChI=1S/C34H26N8O14/c43-31(37-35-19-21-5-9-29(10-6-21)55-33(45)23-13-25(39(47)48)17-26(14-23)40(49)50)3-1-2-4-32(44)38-36-20-22-7-11-30(12-8-22)56-34(46)24-15-27(41(51)52)18-28(16-24)42(53)54/h5-20H,1-4H2,(H,37,43)(H,38,44). The van der Waals surface area contributed by atoms with Crippen LogP contribution >= 0.6 is 0 Å². The van der Waals surface area contributed by atoms with Crippen LogP contribution in [0, 0.1) is 40.5 Å². The number of hydrogen-bond acceptors (Lipinski definition) is 16. The van der Waals surface area contributed by atoms with Crippen molar-refractivity contribution in [1.82, 2.24) is 10.9 Å². The van der Waals surface area contributed by atoms with Crippen molar-refractivity contribution in [3.63, 3.8) is 0 Å². The van der Waals surface area contributed by atoms with Crippen LogP contribution < -0.4 is 20.3 Å². The molecule has 286 valence electrons. The van der Waals surface area contributed by atoms with Gasteiger partial charge >= 0.3 is 11.9 Å². The molecular weight excluding hydrogens is 744 g/mol. The van der Waals surface area contributed by atoms with E-state index < -0.39 is 66.2 Å². The average molecular weight is 771 g/mol. The number of nitro benzene ring substituents is 4. The van der Waals surface area contributed by atoms with E-state index in [1.165, 1.54) is 61.0 Å². The van der Waals surface area contributed by atoms with Crippen LogP contribution in [0.1, 0.15) is 57.5 Å². The van der Waals surface area contributed by atoms with Crippen LogP contribution in [0.4, 0.5) is 22.7 Å². The average Bonchev–Trinajstić information content (AvgIpc) is 3.17. The molecule has 22 nitrogen and oxygen atoms in total. The van der Waals surface area contributed by atoms with Crippen molar-refractivity contribution in [3.05, 3.63) is 148 Å². The largest absolute Gasteiger partial charge is 0.423 e. The maximum absolute atomic E-state index is 12.4. The first-order chi connectivity index (χ1) is 26.7. The SMILES string of the molecule is O=C(CCCCC(=O)NN=Cc1ccc(OC(=O)c2cc([N+](=O)[O-])cc([N+](=O)[O-])c2)cc1)NN=Cc1ccc(OC(=O)c2cc([N+](=O)[O-])cc([N+](=O)[O-])c2)cc1. The Morgan fingerprint density at radius 3 is 1.11 bits per heavy atom. The van der Waals surface area contributed by atoms with Crippen LogP contribution in [-0.4, -0.2) is 55.9 Å². The Morgan fingerprint density at radius 1 is 0.518 bits per heavy atom. The number of esters is 2. The van der Waals surface area contributed by atoms with Crippen molar-refractivity contribution < 1.29 is 48.3 Å².